The van der Waals surface area contributed by atoms with Gasteiger partial charge in [0.05, 0.1) is 18.7 Å². The van der Waals surface area contributed by atoms with Crippen LogP contribution in [-0.2, 0) is 9.53 Å². The molecule has 3 aromatic rings. The van der Waals surface area contributed by atoms with Gasteiger partial charge in [-0.15, -0.1) is 10.2 Å². The molecule has 0 fully saturated rings. The molecule has 0 radical (unpaired) electrons. The fourth-order valence-corrected chi connectivity index (χ4v) is 3.74. The average molecular weight is 394 g/mol. The van der Waals surface area contributed by atoms with Crippen LogP contribution in [0.25, 0.3) is 11.3 Å². The second kappa shape index (κ2) is 7.60. The van der Waals surface area contributed by atoms with Crippen LogP contribution in [0.15, 0.2) is 54.6 Å². The van der Waals surface area contributed by atoms with Gasteiger partial charge >= 0.3 is 5.97 Å². The van der Waals surface area contributed by atoms with Gasteiger partial charge in [0.2, 0.25) is 0 Å². The third-order valence-corrected chi connectivity index (χ3v) is 5.08. The number of fused-ring (bicyclic) bond motifs is 3. The smallest absolute Gasteiger partial charge is 0.306 e. The van der Waals surface area contributed by atoms with E-state index in [2.05, 4.69) is 22.3 Å². The zero-order valence-electron chi connectivity index (χ0n) is 15.7. The van der Waals surface area contributed by atoms with Crippen molar-refractivity contribution in [3.8, 4) is 5.69 Å². The number of hydrogen-bond donors (Lipinski definition) is 0. The van der Waals surface area contributed by atoms with Crippen LogP contribution in [0, 0.1) is 6.92 Å². The molecule has 28 heavy (non-hydrogen) atoms. The number of benzene rings is 2. The minimum Gasteiger partial charge on any atom is -0.466 e. The summed E-state index contributed by atoms with van der Waals surface area (Å²) in [5.41, 5.74) is 4.11. The molecular weight excluding hydrogens is 374 g/mol. The molecule has 0 unspecified atom stereocenters. The number of aromatic nitrogens is 3. The van der Waals surface area contributed by atoms with Gasteiger partial charge in [-0.2, -0.15) is 0 Å². The van der Waals surface area contributed by atoms with Gasteiger partial charge in [0.25, 0.3) is 0 Å². The van der Waals surface area contributed by atoms with E-state index in [-0.39, 0.29) is 18.3 Å². The highest BCUT2D eigenvalue weighted by atomic mass is 35.5. The van der Waals surface area contributed by atoms with Gasteiger partial charge in [-0.25, -0.2) is 0 Å². The Morgan fingerprint density at radius 1 is 1.14 bits per heavy atom. The molecule has 1 aliphatic heterocycles. The second-order valence-corrected chi connectivity index (χ2v) is 7.10. The van der Waals surface area contributed by atoms with E-state index in [0.29, 0.717) is 11.6 Å². The van der Waals surface area contributed by atoms with Gasteiger partial charge in [-0.05, 0) is 43.2 Å². The molecule has 0 amide bonds. The standard InChI is InChI=1S/C22H20ClN3O2/c1-3-28-21(27)13-16-12-19(15-8-10-17(23)11-9-15)18-6-4-5-7-20(18)26-14(2)24-25-22(16)26/h4-12,16H,3,13H2,1-2H3/t16-/m1/s1. The first-order chi connectivity index (χ1) is 13.6. The summed E-state index contributed by atoms with van der Waals surface area (Å²) >= 11 is 6.09. The number of aryl methyl sites for hydroxylation is 1. The predicted octanol–water partition coefficient (Wildman–Crippen LogP) is 4.71. The van der Waals surface area contributed by atoms with E-state index < -0.39 is 0 Å². The third-order valence-electron chi connectivity index (χ3n) is 4.83. The molecule has 1 aromatic heterocycles. The van der Waals surface area contributed by atoms with Crippen molar-refractivity contribution in [1.29, 1.82) is 0 Å². The van der Waals surface area contributed by atoms with Crippen molar-refractivity contribution in [2.24, 2.45) is 0 Å². The number of ether oxygens (including phenoxy) is 1. The summed E-state index contributed by atoms with van der Waals surface area (Å²) in [4.78, 5) is 12.3. The number of allylic oxidation sites excluding steroid dienone is 1. The van der Waals surface area contributed by atoms with Crippen LogP contribution in [-0.4, -0.2) is 27.3 Å². The number of halogens is 1. The van der Waals surface area contributed by atoms with Crippen LogP contribution < -0.4 is 0 Å². The predicted molar refractivity (Wildman–Crippen MR) is 109 cm³/mol. The van der Waals surface area contributed by atoms with E-state index in [1.165, 1.54) is 0 Å². The Bertz CT molecular complexity index is 1050. The number of carbonyl (C=O) groups excluding carboxylic acids is 1. The summed E-state index contributed by atoms with van der Waals surface area (Å²) in [5, 5.41) is 9.34. The van der Waals surface area contributed by atoms with Crippen molar-refractivity contribution in [2.45, 2.75) is 26.2 Å². The zero-order valence-corrected chi connectivity index (χ0v) is 16.5. The maximum atomic E-state index is 12.3. The Morgan fingerprint density at radius 3 is 2.64 bits per heavy atom. The lowest BCUT2D eigenvalue weighted by Gasteiger charge is -2.13. The van der Waals surface area contributed by atoms with Crippen molar-refractivity contribution in [2.75, 3.05) is 6.61 Å². The highest BCUT2D eigenvalue weighted by Gasteiger charge is 2.28. The molecule has 0 saturated carbocycles. The first-order valence-electron chi connectivity index (χ1n) is 9.23. The largest absolute Gasteiger partial charge is 0.466 e. The monoisotopic (exact) mass is 393 g/mol. The summed E-state index contributed by atoms with van der Waals surface area (Å²) < 4.78 is 7.22. The molecule has 142 valence electrons. The fraction of sp³-hybridized carbons (Fsp3) is 0.227. The Morgan fingerprint density at radius 2 is 1.89 bits per heavy atom. The van der Waals surface area contributed by atoms with Gasteiger partial charge < -0.3 is 4.74 Å². The molecule has 1 aliphatic rings. The molecule has 2 aromatic carbocycles. The van der Waals surface area contributed by atoms with E-state index in [0.717, 1.165) is 34.0 Å². The number of para-hydroxylation sites is 1. The highest BCUT2D eigenvalue weighted by Crippen LogP contribution is 2.38. The Hall–Kier alpha value is -2.92. The molecule has 4 rings (SSSR count). The Balaban J connectivity index is 1.92. The Labute approximate surface area is 168 Å². The van der Waals surface area contributed by atoms with Crippen LogP contribution in [0.3, 0.4) is 0 Å². The van der Waals surface area contributed by atoms with Gasteiger partial charge in [-0.3, -0.25) is 9.36 Å². The number of rotatable bonds is 4. The molecule has 0 N–H and O–H groups in total. The molecule has 0 bridgehead atoms. The minimum atomic E-state index is -0.252. The molecule has 0 aliphatic carbocycles. The van der Waals surface area contributed by atoms with E-state index in [4.69, 9.17) is 16.3 Å². The molecule has 0 spiro atoms. The highest BCUT2D eigenvalue weighted by molar-refractivity contribution is 6.30. The summed E-state index contributed by atoms with van der Waals surface area (Å²) in [6, 6.07) is 15.9. The summed E-state index contributed by atoms with van der Waals surface area (Å²) in [6.45, 7) is 4.08. The molecular formula is C22H20ClN3O2. The van der Waals surface area contributed by atoms with Crippen LogP contribution >= 0.6 is 11.6 Å². The fourth-order valence-electron chi connectivity index (χ4n) is 3.61. The maximum absolute atomic E-state index is 12.3. The number of hydrogen-bond acceptors (Lipinski definition) is 4. The third kappa shape index (κ3) is 3.34. The molecule has 6 heteroatoms. The second-order valence-electron chi connectivity index (χ2n) is 6.66. The normalized spacial score (nSPS) is 15.2. The lowest BCUT2D eigenvalue weighted by atomic mass is 9.93. The van der Waals surface area contributed by atoms with Crippen LogP contribution in [0.4, 0.5) is 0 Å². The van der Waals surface area contributed by atoms with Gasteiger partial charge in [0, 0.05) is 16.5 Å². The SMILES string of the molecule is CCOC(=O)C[C@H]1C=C(c2ccc(Cl)cc2)c2ccccc2-n2c(C)nnc21. The van der Waals surface area contributed by atoms with E-state index >= 15 is 0 Å². The topological polar surface area (TPSA) is 57.0 Å². The first-order valence-corrected chi connectivity index (χ1v) is 9.61. The molecule has 0 saturated heterocycles. The maximum Gasteiger partial charge on any atom is 0.306 e. The van der Waals surface area contributed by atoms with Gasteiger partial charge in [0.1, 0.15) is 11.6 Å². The summed E-state index contributed by atoms with van der Waals surface area (Å²) in [6.07, 6.45) is 2.29. The van der Waals surface area contributed by atoms with Crippen molar-refractivity contribution in [3.05, 3.63) is 82.4 Å². The summed E-state index contributed by atoms with van der Waals surface area (Å²) in [7, 11) is 0. The van der Waals surface area contributed by atoms with Gasteiger partial charge in [0.15, 0.2) is 0 Å². The lowest BCUT2D eigenvalue weighted by molar-refractivity contribution is -0.143. The van der Waals surface area contributed by atoms with Crippen molar-refractivity contribution < 1.29 is 9.53 Å². The Kier molecular flexibility index (Phi) is 5.01. The van der Waals surface area contributed by atoms with Gasteiger partial charge in [-0.1, -0.05) is 48.0 Å². The van der Waals surface area contributed by atoms with Crippen LogP contribution in [0.1, 0.15) is 42.0 Å². The van der Waals surface area contributed by atoms with Crippen molar-refractivity contribution in [1.82, 2.24) is 14.8 Å². The lowest BCUT2D eigenvalue weighted by Crippen LogP contribution is -2.13. The minimum absolute atomic E-state index is 0.205. The molecule has 1 atom stereocenters. The molecule has 2 heterocycles. The van der Waals surface area contributed by atoms with E-state index in [9.17, 15) is 4.79 Å². The van der Waals surface area contributed by atoms with Crippen molar-refractivity contribution in [3.63, 3.8) is 0 Å². The van der Waals surface area contributed by atoms with Crippen LogP contribution in [0.5, 0.6) is 0 Å². The van der Waals surface area contributed by atoms with Crippen molar-refractivity contribution >= 4 is 23.1 Å². The molecule has 5 nitrogen and oxygen atoms in total. The number of esters is 1. The number of nitrogens with zero attached hydrogens (tertiary/aromatic N) is 3. The average Bonchev–Trinajstić information content (AvgIpc) is 3.01. The van der Waals surface area contributed by atoms with E-state index in [1.54, 1.807) is 0 Å². The van der Waals surface area contributed by atoms with Crippen LogP contribution in [0.2, 0.25) is 5.02 Å². The van der Waals surface area contributed by atoms with E-state index in [1.807, 2.05) is 60.9 Å². The number of carbonyl (C=O) groups is 1. The quantitative estimate of drug-likeness (QED) is 0.602. The zero-order chi connectivity index (χ0) is 19.7. The summed E-state index contributed by atoms with van der Waals surface area (Å²) in [5.74, 6) is 1.01. The first kappa shape index (κ1) is 18.4.